The lowest BCUT2D eigenvalue weighted by Crippen LogP contribution is -2.56. The molecule has 0 aromatic heterocycles. The molecule has 170 valence electrons. The van der Waals surface area contributed by atoms with Gasteiger partial charge in [0.2, 0.25) is 0 Å². The van der Waals surface area contributed by atoms with Crippen LogP contribution in [0.2, 0.25) is 0 Å². The maximum atomic E-state index is 13.1. The summed E-state index contributed by atoms with van der Waals surface area (Å²) >= 11 is 0. The number of carbonyl (C=O) groups is 1. The number of nitrogens with one attached hydrogen (secondary N) is 2. The van der Waals surface area contributed by atoms with E-state index in [0.29, 0.717) is 0 Å². The number of rotatable bonds is 7. The third-order valence-corrected chi connectivity index (χ3v) is 8.38. The van der Waals surface area contributed by atoms with E-state index in [-0.39, 0.29) is 29.0 Å². The Morgan fingerprint density at radius 2 is 1.42 bits per heavy atom. The molecule has 0 heterocycles. The van der Waals surface area contributed by atoms with E-state index in [2.05, 4.69) is 47.9 Å². The number of nitriles is 1. The minimum atomic E-state index is -0.270. The van der Waals surface area contributed by atoms with Crippen LogP contribution in [0.25, 0.3) is 0 Å². The molecule has 1 atom stereocenters. The molecule has 0 saturated heterocycles. The van der Waals surface area contributed by atoms with E-state index >= 15 is 0 Å². The van der Waals surface area contributed by atoms with E-state index < -0.39 is 0 Å². The van der Waals surface area contributed by atoms with Gasteiger partial charge in [-0.15, -0.1) is 0 Å². The normalized spacial score (nSPS) is 28.9. The fraction of sp³-hybridized carbons (Fsp3) is 0.448. The van der Waals surface area contributed by atoms with E-state index in [1.54, 1.807) is 6.20 Å². The van der Waals surface area contributed by atoms with Gasteiger partial charge in [-0.1, -0.05) is 60.7 Å². The van der Waals surface area contributed by atoms with Crippen molar-refractivity contribution in [2.75, 3.05) is 0 Å². The Bertz CT molecular complexity index is 978. The van der Waals surface area contributed by atoms with Gasteiger partial charge in [-0.3, -0.25) is 4.79 Å². The van der Waals surface area contributed by atoms with Gasteiger partial charge in [0.25, 0.3) is 5.91 Å². The fourth-order valence-corrected chi connectivity index (χ4v) is 7.13. The van der Waals surface area contributed by atoms with Crippen molar-refractivity contribution in [3.05, 3.63) is 83.6 Å². The lowest BCUT2D eigenvalue weighted by Gasteiger charge is -2.59. The third-order valence-electron chi connectivity index (χ3n) is 8.38. The van der Waals surface area contributed by atoms with E-state index in [0.717, 1.165) is 28.9 Å². The minimum Gasteiger partial charge on any atom is -0.379 e. The fourth-order valence-electron chi connectivity index (χ4n) is 7.13. The first-order chi connectivity index (χ1) is 16.1. The van der Waals surface area contributed by atoms with Crippen LogP contribution in [0.5, 0.6) is 0 Å². The van der Waals surface area contributed by atoms with Crippen molar-refractivity contribution in [2.24, 2.45) is 23.2 Å². The van der Waals surface area contributed by atoms with Crippen molar-refractivity contribution in [3.63, 3.8) is 0 Å². The van der Waals surface area contributed by atoms with Gasteiger partial charge in [0.15, 0.2) is 0 Å². The van der Waals surface area contributed by atoms with Crippen molar-refractivity contribution in [2.45, 2.75) is 57.5 Å². The van der Waals surface area contributed by atoms with Crippen LogP contribution in [0.1, 0.15) is 62.6 Å². The third kappa shape index (κ3) is 4.42. The van der Waals surface area contributed by atoms with Gasteiger partial charge in [-0.05, 0) is 79.7 Å². The zero-order valence-corrected chi connectivity index (χ0v) is 19.3. The molecule has 1 unspecified atom stereocenters. The zero-order valence-electron chi connectivity index (χ0n) is 19.3. The summed E-state index contributed by atoms with van der Waals surface area (Å²) in [5.74, 6) is 2.23. The molecule has 4 aliphatic rings. The first kappa shape index (κ1) is 21.8. The summed E-state index contributed by atoms with van der Waals surface area (Å²) in [6, 6.07) is 22.3. The van der Waals surface area contributed by atoms with E-state index in [4.69, 9.17) is 0 Å². The van der Waals surface area contributed by atoms with E-state index in [1.165, 1.54) is 38.5 Å². The summed E-state index contributed by atoms with van der Waals surface area (Å²) in [5, 5.41) is 16.3. The monoisotopic (exact) mass is 439 g/mol. The zero-order chi connectivity index (χ0) is 22.8. The molecule has 4 saturated carbocycles. The van der Waals surface area contributed by atoms with Crippen LogP contribution in [-0.2, 0) is 4.79 Å². The summed E-state index contributed by atoms with van der Waals surface area (Å²) < 4.78 is 0. The molecule has 1 amide bonds. The van der Waals surface area contributed by atoms with Crippen molar-refractivity contribution in [1.29, 1.82) is 5.26 Å². The molecule has 4 fully saturated rings. The van der Waals surface area contributed by atoms with Crippen LogP contribution in [0.4, 0.5) is 0 Å². The molecule has 2 N–H and O–H groups in total. The number of amides is 1. The topological polar surface area (TPSA) is 64.9 Å². The molecule has 2 aromatic rings. The predicted octanol–water partition coefficient (Wildman–Crippen LogP) is 5.49. The van der Waals surface area contributed by atoms with Crippen molar-refractivity contribution in [1.82, 2.24) is 10.6 Å². The van der Waals surface area contributed by atoms with E-state index in [9.17, 15) is 10.1 Å². The highest BCUT2D eigenvalue weighted by atomic mass is 16.1. The SMILES string of the molecule is CC(NC(=O)/C(C#N)=C\NC(c1ccccc1)c1ccccc1)C12CC3CC(CC(C3)C1)C2. The van der Waals surface area contributed by atoms with Gasteiger partial charge < -0.3 is 10.6 Å². The number of hydrogen-bond acceptors (Lipinski definition) is 3. The molecule has 4 heteroatoms. The van der Waals surface area contributed by atoms with Gasteiger partial charge in [0, 0.05) is 12.2 Å². The standard InChI is InChI=1S/C29H33N3O/c1-20(29-15-21-12-22(16-29)14-23(13-21)17-29)32-28(33)26(18-30)19-31-27(24-8-4-2-5-9-24)25-10-6-3-7-11-25/h2-11,19-23,27,31H,12-17H2,1H3,(H,32,33)/b26-19-. The summed E-state index contributed by atoms with van der Waals surface area (Å²) in [6.45, 7) is 2.16. The summed E-state index contributed by atoms with van der Waals surface area (Å²) in [5.41, 5.74) is 2.51. The van der Waals surface area contributed by atoms with Crippen LogP contribution in [0.3, 0.4) is 0 Å². The predicted molar refractivity (Wildman–Crippen MR) is 130 cm³/mol. The van der Waals surface area contributed by atoms with Crippen LogP contribution in [-0.4, -0.2) is 11.9 Å². The van der Waals surface area contributed by atoms with Crippen LogP contribution in [0, 0.1) is 34.5 Å². The van der Waals surface area contributed by atoms with E-state index in [1.807, 2.05) is 36.4 Å². The molecule has 0 radical (unpaired) electrons. The summed E-state index contributed by atoms with van der Waals surface area (Å²) in [4.78, 5) is 13.1. The number of benzene rings is 2. The minimum absolute atomic E-state index is 0.0918. The average Bonchev–Trinajstić information content (AvgIpc) is 2.82. The second-order valence-electron chi connectivity index (χ2n) is 10.6. The highest BCUT2D eigenvalue weighted by Crippen LogP contribution is 2.61. The number of nitrogens with zero attached hydrogens (tertiary/aromatic N) is 1. The van der Waals surface area contributed by atoms with Crippen LogP contribution >= 0.6 is 0 Å². The highest BCUT2D eigenvalue weighted by Gasteiger charge is 2.53. The summed E-state index contributed by atoms with van der Waals surface area (Å²) in [7, 11) is 0. The maximum absolute atomic E-state index is 13.1. The lowest BCUT2D eigenvalue weighted by molar-refractivity contribution is -0.122. The van der Waals surface area contributed by atoms with Gasteiger partial charge >= 0.3 is 0 Å². The first-order valence-corrected chi connectivity index (χ1v) is 12.3. The molecule has 0 aliphatic heterocycles. The van der Waals surface area contributed by atoms with Gasteiger partial charge in [0.1, 0.15) is 11.6 Å². The lowest BCUT2D eigenvalue weighted by atomic mass is 9.48. The Morgan fingerprint density at radius 3 is 1.88 bits per heavy atom. The van der Waals surface area contributed by atoms with Crippen molar-refractivity contribution in [3.8, 4) is 6.07 Å². The highest BCUT2D eigenvalue weighted by molar-refractivity contribution is 5.97. The number of carbonyl (C=O) groups excluding carboxylic acids is 1. The second kappa shape index (κ2) is 9.06. The molecule has 0 spiro atoms. The first-order valence-electron chi connectivity index (χ1n) is 12.3. The molecule has 4 bridgehead atoms. The summed E-state index contributed by atoms with van der Waals surface area (Å²) in [6.07, 6.45) is 9.43. The Hall–Kier alpha value is -3.06. The molecule has 4 aliphatic carbocycles. The quantitative estimate of drug-likeness (QED) is 0.443. The second-order valence-corrected chi connectivity index (χ2v) is 10.6. The molecule has 4 nitrogen and oxygen atoms in total. The maximum Gasteiger partial charge on any atom is 0.263 e. The van der Waals surface area contributed by atoms with Crippen molar-refractivity contribution >= 4 is 5.91 Å². The van der Waals surface area contributed by atoms with Gasteiger partial charge in [0.05, 0.1) is 6.04 Å². The van der Waals surface area contributed by atoms with Gasteiger partial charge in [-0.2, -0.15) is 5.26 Å². The molecular formula is C29H33N3O. The Kier molecular flexibility index (Phi) is 5.98. The Labute approximate surface area is 197 Å². The molecule has 33 heavy (non-hydrogen) atoms. The smallest absolute Gasteiger partial charge is 0.263 e. The molecule has 2 aromatic carbocycles. The molecular weight excluding hydrogens is 406 g/mol. The van der Waals surface area contributed by atoms with Crippen LogP contribution < -0.4 is 10.6 Å². The average molecular weight is 440 g/mol. The van der Waals surface area contributed by atoms with Crippen molar-refractivity contribution < 1.29 is 4.79 Å². The Morgan fingerprint density at radius 1 is 0.939 bits per heavy atom. The van der Waals surface area contributed by atoms with Gasteiger partial charge in [-0.25, -0.2) is 0 Å². The number of hydrogen-bond donors (Lipinski definition) is 2. The largest absolute Gasteiger partial charge is 0.379 e. The van der Waals surface area contributed by atoms with Crippen LogP contribution in [0.15, 0.2) is 72.4 Å². The molecule has 6 rings (SSSR count). The Balaban J connectivity index is 1.31.